The third-order valence-electron chi connectivity index (χ3n) is 3.50. The molecule has 5 nitrogen and oxygen atoms in total. The first-order valence-electron chi connectivity index (χ1n) is 7.13. The Kier molecular flexibility index (Phi) is 4.20. The van der Waals surface area contributed by atoms with Gasteiger partial charge in [-0.25, -0.2) is 14.4 Å². The zero-order chi connectivity index (χ0) is 16.4. The van der Waals surface area contributed by atoms with Crippen LogP contribution in [0.1, 0.15) is 23.4 Å². The van der Waals surface area contributed by atoms with Gasteiger partial charge >= 0.3 is 0 Å². The van der Waals surface area contributed by atoms with Crippen LogP contribution < -0.4 is 11.1 Å². The average Bonchev–Trinajstić information content (AvgIpc) is 2.97. The highest BCUT2D eigenvalue weighted by atomic mass is 32.1. The number of anilines is 1. The third-order valence-corrected chi connectivity index (χ3v) is 4.69. The first-order chi connectivity index (χ1) is 11.1. The van der Waals surface area contributed by atoms with Crippen molar-refractivity contribution in [2.75, 3.05) is 5.32 Å². The van der Waals surface area contributed by atoms with Crippen molar-refractivity contribution in [2.24, 2.45) is 5.73 Å². The summed E-state index contributed by atoms with van der Waals surface area (Å²) in [5, 5.41) is 3.90. The fourth-order valence-corrected chi connectivity index (χ4v) is 3.24. The van der Waals surface area contributed by atoms with Gasteiger partial charge in [-0.1, -0.05) is 19.1 Å². The Bertz CT molecular complexity index is 847. The number of carbonyl (C=O) groups is 1. The van der Waals surface area contributed by atoms with Crippen LogP contribution in [0.2, 0.25) is 0 Å². The number of hydrogen-bond acceptors (Lipinski definition) is 5. The summed E-state index contributed by atoms with van der Waals surface area (Å²) in [5.74, 6) is -0.389. The minimum Gasteiger partial charge on any atom is -0.368 e. The highest BCUT2D eigenvalue weighted by Gasteiger charge is 2.20. The van der Waals surface area contributed by atoms with E-state index in [-0.39, 0.29) is 5.82 Å². The molecule has 3 aromatic rings. The molecule has 1 unspecified atom stereocenters. The molecule has 3 N–H and O–H groups in total. The van der Waals surface area contributed by atoms with Gasteiger partial charge in [0.2, 0.25) is 5.91 Å². The van der Waals surface area contributed by atoms with Crippen LogP contribution in [0.5, 0.6) is 0 Å². The molecule has 0 aliphatic rings. The molecule has 1 atom stereocenters. The summed E-state index contributed by atoms with van der Waals surface area (Å²) in [7, 11) is 0. The number of nitrogens with zero attached hydrogens (tertiary/aromatic N) is 2. The number of hydrogen-bond donors (Lipinski definition) is 2. The summed E-state index contributed by atoms with van der Waals surface area (Å²) in [5.41, 5.74) is 6.07. The van der Waals surface area contributed by atoms with Crippen molar-refractivity contribution in [3.05, 3.63) is 52.9 Å². The maximum absolute atomic E-state index is 13.1. The first kappa shape index (κ1) is 15.4. The molecule has 0 saturated heterocycles. The van der Waals surface area contributed by atoms with Crippen LogP contribution in [0.25, 0.3) is 10.2 Å². The van der Waals surface area contributed by atoms with E-state index in [0.29, 0.717) is 11.4 Å². The van der Waals surface area contributed by atoms with Crippen molar-refractivity contribution in [1.82, 2.24) is 9.97 Å². The Morgan fingerprint density at radius 1 is 1.35 bits per heavy atom. The average molecular weight is 330 g/mol. The Labute approximate surface area is 136 Å². The lowest BCUT2D eigenvalue weighted by Crippen LogP contribution is -2.28. The maximum atomic E-state index is 13.1. The number of aryl methyl sites for hydroxylation is 1. The number of nitrogens with one attached hydrogen (secondary N) is 1. The van der Waals surface area contributed by atoms with E-state index < -0.39 is 11.9 Å². The molecule has 1 aromatic carbocycles. The second-order valence-corrected chi connectivity index (χ2v) is 6.15. The van der Waals surface area contributed by atoms with Gasteiger partial charge in [-0.05, 0) is 30.2 Å². The molecule has 7 heteroatoms. The monoisotopic (exact) mass is 330 g/mol. The fraction of sp³-hybridized carbons (Fsp3) is 0.188. The number of thiophene rings is 1. The molecule has 0 bridgehead atoms. The zero-order valence-electron chi connectivity index (χ0n) is 12.4. The second-order valence-electron chi connectivity index (χ2n) is 5.04. The van der Waals surface area contributed by atoms with Crippen molar-refractivity contribution in [1.29, 1.82) is 0 Å². The topological polar surface area (TPSA) is 80.9 Å². The van der Waals surface area contributed by atoms with Crippen molar-refractivity contribution >= 4 is 33.3 Å². The van der Waals surface area contributed by atoms with E-state index in [9.17, 15) is 9.18 Å². The molecule has 0 radical (unpaired) electrons. The van der Waals surface area contributed by atoms with E-state index in [1.165, 1.54) is 35.5 Å². The van der Waals surface area contributed by atoms with Crippen LogP contribution in [0.15, 0.2) is 36.7 Å². The van der Waals surface area contributed by atoms with Crippen LogP contribution >= 0.6 is 11.3 Å². The molecule has 0 spiro atoms. The van der Waals surface area contributed by atoms with Gasteiger partial charge < -0.3 is 11.1 Å². The molecule has 3 rings (SSSR count). The van der Waals surface area contributed by atoms with Crippen LogP contribution in [-0.2, 0) is 11.2 Å². The summed E-state index contributed by atoms with van der Waals surface area (Å²) in [6, 6.07) is 6.86. The van der Waals surface area contributed by atoms with E-state index in [0.717, 1.165) is 16.6 Å². The molecular weight excluding hydrogens is 315 g/mol. The molecular formula is C16H15FN4OS. The number of nitrogens with two attached hydrogens (primary N) is 1. The predicted octanol–water partition coefficient (Wildman–Crippen LogP) is 3.03. The lowest BCUT2D eigenvalue weighted by Gasteiger charge is -2.16. The number of primary amides is 1. The van der Waals surface area contributed by atoms with Gasteiger partial charge in [0.05, 0.1) is 5.39 Å². The highest BCUT2D eigenvalue weighted by molar-refractivity contribution is 7.18. The van der Waals surface area contributed by atoms with Crippen LogP contribution in [-0.4, -0.2) is 15.9 Å². The number of benzene rings is 1. The van der Waals surface area contributed by atoms with Crippen molar-refractivity contribution in [3.63, 3.8) is 0 Å². The molecule has 2 heterocycles. The Balaban J connectivity index is 1.99. The summed E-state index contributed by atoms with van der Waals surface area (Å²) in [4.78, 5) is 22.3. The van der Waals surface area contributed by atoms with Crippen LogP contribution in [0.3, 0.4) is 0 Å². The molecule has 0 aliphatic heterocycles. The minimum atomic E-state index is -0.793. The highest BCUT2D eigenvalue weighted by Crippen LogP contribution is 2.30. The van der Waals surface area contributed by atoms with Crippen LogP contribution in [0.4, 0.5) is 10.2 Å². The van der Waals surface area contributed by atoms with Crippen molar-refractivity contribution < 1.29 is 9.18 Å². The van der Waals surface area contributed by atoms with Crippen molar-refractivity contribution in [2.45, 2.75) is 19.4 Å². The molecule has 23 heavy (non-hydrogen) atoms. The number of carbonyl (C=O) groups excluding carboxylic acids is 1. The van der Waals surface area contributed by atoms with Gasteiger partial charge in [0.25, 0.3) is 0 Å². The summed E-state index contributed by atoms with van der Waals surface area (Å²) in [6.45, 7) is 2.07. The summed E-state index contributed by atoms with van der Waals surface area (Å²) in [6.07, 6.45) is 2.35. The van der Waals surface area contributed by atoms with Crippen LogP contribution in [0, 0.1) is 5.82 Å². The smallest absolute Gasteiger partial charge is 0.244 e. The molecule has 0 fully saturated rings. The van der Waals surface area contributed by atoms with E-state index in [1.54, 1.807) is 11.3 Å². The normalized spacial score (nSPS) is 12.3. The third kappa shape index (κ3) is 3.14. The number of halogens is 1. The van der Waals surface area contributed by atoms with Gasteiger partial charge in [-0.15, -0.1) is 11.3 Å². The van der Waals surface area contributed by atoms with E-state index in [1.807, 2.05) is 6.07 Å². The Hall–Kier alpha value is -2.54. The predicted molar refractivity (Wildman–Crippen MR) is 88.8 cm³/mol. The second kappa shape index (κ2) is 6.29. The first-order valence-corrected chi connectivity index (χ1v) is 7.95. The largest absolute Gasteiger partial charge is 0.368 e. The minimum absolute atomic E-state index is 0.369. The molecule has 0 aliphatic carbocycles. The van der Waals surface area contributed by atoms with Gasteiger partial charge in [0.1, 0.15) is 28.8 Å². The number of amides is 1. The number of rotatable bonds is 5. The Morgan fingerprint density at radius 2 is 2.09 bits per heavy atom. The summed E-state index contributed by atoms with van der Waals surface area (Å²) < 4.78 is 13.1. The maximum Gasteiger partial charge on any atom is 0.244 e. The number of aromatic nitrogens is 2. The van der Waals surface area contributed by atoms with E-state index in [2.05, 4.69) is 22.2 Å². The lowest BCUT2D eigenvalue weighted by atomic mass is 10.1. The van der Waals surface area contributed by atoms with E-state index in [4.69, 9.17) is 5.73 Å². The van der Waals surface area contributed by atoms with E-state index >= 15 is 0 Å². The zero-order valence-corrected chi connectivity index (χ0v) is 13.2. The van der Waals surface area contributed by atoms with Gasteiger partial charge in [0, 0.05) is 4.88 Å². The van der Waals surface area contributed by atoms with Gasteiger partial charge in [0.15, 0.2) is 0 Å². The quantitative estimate of drug-likeness (QED) is 0.753. The Morgan fingerprint density at radius 3 is 2.74 bits per heavy atom. The molecule has 118 valence electrons. The summed E-state index contributed by atoms with van der Waals surface area (Å²) >= 11 is 1.59. The SMILES string of the molecule is CCc1cc2c(NC(C(N)=O)c3ccc(F)cc3)ncnc2s1. The van der Waals surface area contributed by atoms with Gasteiger partial charge in [-0.3, -0.25) is 4.79 Å². The lowest BCUT2D eigenvalue weighted by molar-refractivity contribution is -0.118. The van der Waals surface area contributed by atoms with Crippen molar-refractivity contribution in [3.8, 4) is 0 Å². The molecule has 2 aromatic heterocycles. The van der Waals surface area contributed by atoms with Gasteiger partial charge in [-0.2, -0.15) is 0 Å². The standard InChI is InChI=1S/C16H15FN4OS/c1-2-11-7-12-15(19-8-20-16(12)23-11)21-13(14(18)22)9-3-5-10(17)6-4-9/h3-8,13H,2H2,1H3,(H2,18,22)(H,19,20,21). The fourth-order valence-electron chi connectivity index (χ4n) is 2.31. The molecule has 0 saturated carbocycles. The number of fused-ring (bicyclic) bond motifs is 1. The molecule has 1 amide bonds.